The van der Waals surface area contributed by atoms with Gasteiger partial charge in [-0.1, -0.05) is 13.8 Å². The Bertz CT molecular complexity index is 214. The summed E-state index contributed by atoms with van der Waals surface area (Å²) >= 11 is 0. The summed E-state index contributed by atoms with van der Waals surface area (Å²) in [6.45, 7) is 4.80. The average molecular weight is 183 g/mol. The van der Waals surface area contributed by atoms with Crippen LogP contribution in [-0.4, -0.2) is 17.3 Å². The van der Waals surface area contributed by atoms with Gasteiger partial charge in [0.1, 0.15) is 0 Å². The van der Waals surface area contributed by atoms with Gasteiger partial charge in [0.2, 0.25) is 0 Å². The van der Waals surface area contributed by atoms with Crippen LogP contribution in [0.1, 0.15) is 39.5 Å². The molecule has 13 heavy (non-hydrogen) atoms. The molecule has 3 N–H and O–H groups in total. The first-order valence-electron chi connectivity index (χ1n) is 5.42. The van der Waals surface area contributed by atoms with Crippen molar-refractivity contribution >= 4 is 0 Å². The van der Waals surface area contributed by atoms with Crippen molar-refractivity contribution in [3.63, 3.8) is 0 Å². The summed E-state index contributed by atoms with van der Waals surface area (Å²) in [4.78, 5) is 0. The summed E-state index contributed by atoms with van der Waals surface area (Å²) in [5.74, 6) is 1.30. The zero-order valence-corrected chi connectivity index (χ0v) is 8.71. The molecule has 0 aromatic rings. The summed E-state index contributed by atoms with van der Waals surface area (Å²) in [5.41, 5.74) is 5.17. The molecule has 0 radical (unpaired) electrons. The molecule has 2 rings (SSSR count). The molecule has 0 heterocycles. The summed E-state index contributed by atoms with van der Waals surface area (Å²) in [6.07, 6.45) is 4.76. The topological polar surface area (TPSA) is 46.2 Å². The van der Waals surface area contributed by atoms with Crippen LogP contribution in [-0.2, 0) is 0 Å². The molecule has 2 nitrogen and oxygen atoms in total. The average Bonchev–Trinajstić information content (AvgIpc) is 2.63. The van der Waals surface area contributed by atoms with Crippen molar-refractivity contribution in [3.8, 4) is 0 Å². The van der Waals surface area contributed by atoms with Gasteiger partial charge in [0.05, 0.1) is 5.60 Å². The van der Waals surface area contributed by atoms with E-state index in [1.54, 1.807) is 0 Å². The van der Waals surface area contributed by atoms with Crippen molar-refractivity contribution in [2.24, 2.45) is 23.0 Å². The molecule has 2 aliphatic rings. The molecule has 2 heteroatoms. The Morgan fingerprint density at radius 1 is 1.46 bits per heavy atom. The van der Waals surface area contributed by atoms with Crippen LogP contribution in [0.25, 0.3) is 0 Å². The van der Waals surface area contributed by atoms with Gasteiger partial charge in [-0.3, -0.25) is 0 Å². The summed E-state index contributed by atoms with van der Waals surface area (Å²) in [6, 6.07) is 0. The maximum absolute atomic E-state index is 10.6. The normalized spacial score (nSPS) is 44.3. The van der Waals surface area contributed by atoms with E-state index >= 15 is 0 Å². The monoisotopic (exact) mass is 183 g/mol. The van der Waals surface area contributed by atoms with Gasteiger partial charge in [-0.2, -0.15) is 0 Å². The minimum Gasteiger partial charge on any atom is -0.389 e. The van der Waals surface area contributed by atoms with E-state index in [1.807, 2.05) is 0 Å². The molecule has 2 aliphatic carbocycles. The molecule has 2 saturated carbocycles. The first-order chi connectivity index (χ1) is 5.99. The largest absolute Gasteiger partial charge is 0.389 e. The molecular weight excluding hydrogens is 162 g/mol. The van der Waals surface area contributed by atoms with Gasteiger partial charge < -0.3 is 10.8 Å². The molecule has 76 valence electrons. The lowest BCUT2D eigenvalue weighted by Gasteiger charge is -2.45. The number of hydrogen-bond acceptors (Lipinski definition) is 2. The first kappa shape index (κ1) is 9.47. The number of hydrogen-bond donors (Lipinski definition) is 2. The van der Waals surface area contributed by atoms with Gasteiger partial charge in [-0.25, -0.2) is 0 Å². The highest BCUT2D eigenvalue weighted by Gasteiger charge is 2.56. The fourth-order valence-electron chi connectivity index (χ4n) is 3.31. The lowest BCUT2D eigenvalue weighted by molar-refractivity contribution is -0.103. The van der Waals surface area contributed by atoms with Crippen LogP contribution in [0.15, 0.2) is 0 Å². The van der Waals surface area contributed by atoms with E-state index in [-0.39, 0.29) is 5.41 Å². The Hall–Kier alpha value is -0.0800. The standard InChI is InChI=1S/C11H21NO/c1-10(2,7-12)11(13)6-8-3-4-9(11)5-8/h8-9,13H,3-7,12H2,1-2H3. The summed E-state index contributed by atoms with van der Waals surface area (Å²) in [5, 5.41) is 10.6. The number of fused-ring (bicyclic) bond motifs is 2. The van der Waals surface area contributed by atoms with Gasteiger partial charge in [0.25, 0.3) is 0 Å². The highest BCUT2D eigenvalue weighted by atomic mass is 16.3. The summed E-state index contributed by atoms with van der Waals surface area (Å²) in [7, 11) is 0. The number of aliphatic hydroxyl groups is 1. The highest BCUT2D eigenvalue weighted by Crippen LogP contribution is 2.56. The van der Waals surface area contributed by atoms with Crippen LogP contribution in [0.4, 0.5) is 0 Å². The second kappa shape index (κ2) is 2.71. The van der Waals surface area contributed by atoms with Crippen LogP contribution in [0.5, 0.6) is 0 Å². The molecule has 2 fully saturated rings. The molecular formula is C11H21NO. The highest BCUT2D eigenvalue weighted by molar-refractivity contribution is 5.08. The molecule has 0 saturated heterocycles. The van der Waals surface area contributed by atoms with E-state index in [0.717, 1.165) is 12.3 Å². The third-order valence-electron chi connectivity index (χ3n) is 4.50. The van der Waals surface area contributed by atoms with Crippen molar-refractivity contribution in [2.45, 2.75) is 45.1 Å². The fraction of sp³-hybridized carbons (Fsp3) is 1.00. The predicted molar refractivity (Wildman–Crippen MR) is 53.2 cm³/mol. The van der Waals surface area contributed by atoms with Crippen LogP contribution >= 0.6 is 0 Å². The fourth-order valence-corrected chi connectivity index (χ4v) is 3.31. The molecule has 0 aromatic carbocycles. The van der Waals surface area contributed by atoms with Gasteiger partial charge in [0, 0.05) is 12.0 Å². The van der Waals surface area contributed by atoms with Crippen molar-refractivity contribution in [1.82, 2.24) is 0 Å². The third-order valence-corrected chi connectivity index (χ3v) is 4.50. The van der Waals surface area contributed by atoms with Crippen molar-refractivity contribution in [3.05, 3.63) is 0 Å². The maximum Gasteiger partial charge on any atom is 0.0741 e. The van der Waals surface area contributed by atoms with Gasteiger partial charge >= 0.3 is 0 Å². The lowest BCUT2D eigenvalue weighted by Crippen LogP contribution is -2.52. The third kappa shape index (κ3) is 1.15. The van der Waals surface area contributed by atoms with Crippen molar-refractivity contribution in [2.75, 3.05) is 6.54 Å². The number of nitrogens with two attached hydrogens (primary N) is 1. The van der Waals surface area contributed by atoms with Gasteiger partial charge in [-0.05, 0) is 37.5 Å². The Morgan fingerprint density at radius 3 is 2.54 bits per heavy atom. The molecule has 0 aliphatic heterocycles. The predicted octanol–water partition coefficient (Wildman–Crippen LogP) is 1.52. The molecule has 2 bridgehead atoms. The van der Waals surface area contributed by atoms with E-state index in [1.165, 1.54) is 19.3 Å². The second-order valence-corrected chi connectivity index (χ2v) is 5.59. The Labute approximate surface area is 80.5 Å². The van der Waals surface area contributed by atoms with E-state index in [2.05, 4.69) is 13.8 Å². The Morgan fingerprint density at radius 2 is 2.15 bits per heavy atom. The molecule has 3 atom stereocenters. The van der Waals surface area contributed by atoms with Crippen LogP contribution in [0.2, 0.25) is 0 Å². The van der Waals surface area contributed by atoms with Gasteiger partial charge in [-0.15, -0.1) is 0 Å². The molecule has 0 spiro atoms. The van der Waals surface area contributed by atoms with E-state index in [0.29, 0.717) is 12.5 Å². The first-order valence-corrected chi connectivity index (χ1v) is 5.42. The van der Waals surface area contributed by atoms with Gasteiger partial charge in [0.15, 0.2) is 0 Å². The molecule has 0 amide bonds. The van der Waals surface area contributed by atoms with E-state index < -0.39 is 5.60 Å². The van der Waals surface area contributed by atoms with Crippen LogP contribution in [0.3, 0.4) is 0 Å². The smallest absolute Gasteiger partial charge is 0.0741 e. The van der Waals surface area contributed by atoms with Crippen LogP contribution < -0.4 is 5.73 Å². The summed E-state index contributed by atoms with van der Waals surface area (Å²) < 4.78 is 0. The van der Waals surface area contributed by atoms with Crippen molar-refractivity contribution in [1.29, 1.82) is 0 Å². The minimum absolute atomic E-state index is 0.104. The van der Waals surface area contributed by atoms with Crippen molar-refractivity contribution < 1.29 is 5.11 Å². The van der Waals surface area contributed by atoms with E-state index in [9.17, 15) is 5.11 Å². The Kier molecular flexibility index (Phi) is 1.97. The second-order valence-electron chi connectivity index (χ2n) is 5.59. The SMILES string of the molecule is CC(C)(CN)C1(O)CC2CCC1C2. The molecule has 3 unspecified atom stereocenters. The van der Waals surface area contributed by atoms with Crippen LogP contribution in [0, 0.1) is 17.3 Å². The minimum atomic E-state index is -0.468. The number of rotatable bonds is 2. The molecule has 0 aromatic heterocycles. The zero-order chi connectivity index (χ0) is 9.69. The maximum atomic E-state index is 10.6. The Balaban J connectivity index is 2.22. The quantitative estimate of drug-likeness (QED) is 0.682. The van der Waals surface area contributed by atoms with E-state index in [4.69, 9.17) is 5.73 Å². The lowest BCUT2D eigenvalue weighted by atomic mass is 9.66. The zero-order valence-electron chi connectivity index (χ0n) is 8.71.